The third-order valence-electron chi connectivity index (χ3n) is 3.15. The first-order valence-electron chi connectivity index (χ1n) is 6.66. The largest absolute Gasteiger partial charge is 0.329 e. The van der Waals surface area contributed by atoms with Crippen molar-refractivity contribution in [3.05, 3.63) is 53.7 Å². The Bertz CT molecular complexity index is 503. The van der Waals surface area contributed by atoms with Gasteiger partial charge in [0, 0.05) is 25.5 Å². The highest BCUT2D eigenvalue weighted by Crippen LogP contribution is 2.21. The number of benzene rings is 1. The second-order valence-corrected chi connectivity index (χ2v) is 4.70. The van der Waals surface area contributed by atoms with Crippen molar-refractivity contribution in [3.63, 3.8) is 0 Å². The van der Waals surface area contributed by atoms with E-state index in [2.05, 4.69) is 65.4 Å². The third kappa shape index (κ3) is 3.55. The molecule has 1 N–H and O–H groups in total. The van der Waals surface area contributed by atoms with Crippen LogP contribution in [0, 0.1) is 6.92 Å². The van der Waals surface area contributed by atoms with Gasteiger partial charge in [0.15, 0.2) is 0 Å². The second-order valence-electron chi connectivity index (χ2n) is 4.70. The Morgan fingerprint density at radius 1 is 1.11 bits per heavy atom. The Morgan fingerprint density at radius 3 is 2.42 bits per heavy atom. The SMILES string of the molecule is CCNCc1ccc(N(C)c2ccc(C)cc2)nc1. The molecule has 0 saturated carbocycles. The number of rotatable bonds is 5. The van der Waals surface area contributed by atoms with Crippen LogP contribution in [0.3, 0.4) is 0 Å². The van der Waals surface area contributed by atoms with E-state index in [0.29, 0.717) is 0 Å². The van der Waals surface area contributed by atoms with Gasteiger partial charge in [-0.3, -0.25) is 0 Å². The molecule has 1 aromatic heterocycles. The predicted octanol–water partition coefficient (Wildman–Crippen LogP) is 3.27. The average Bonchev–Trinajstić information content (AvgIpc) is 2.46. The zero-order valence-corrected chi connectivity index (χ0v) is 11.9. The van der Waals surface area contributed by atoms with Crippen LogP contribution in [0.2, 0.25) is 0 Å². The Balaban J connectivity index is 2.10. The van der Waals surface area contributed by atoms with E-state index in [1.54, 1.807) is 0 Å². The van der Waals surface area contributed by atoms with Crippen LogP contribution in [-0.2, 0) is 6.54 Å². The monoisotopic (exact) mass is 255 g/mol. The van der Waals surface area contributed by atoms with Crippen LogP contribution in [0.15, 0.2) is 42.6 Å². The van der Waals surface area contributed by atoms with Crippen molar-refractivity contribution in [3.8, 4) is 0 Å². The van der Waals surface area contributed by atoms with Crippen LogP contribution in [-0.4, -0.2) is 18.6 Å². The van der Waals surface area contributed by atoms with Crippen LogP contribution in [0.25, 0.3) is 0 Å². The summed E-state index contributed by atoms with van der Waals surface area (Å²) in [5, 5.41) is 3.30. The van der Waals surface area contributed by atoms with E-state index in [1.807, 2.05) is 13.2 Å². The van der Waals surface area contributed by atoms with E-state index < -0.39 is 0 Å². The number of nitrogens with zero attached hydrogens (tertiary/aromatic N) is 2. The Hall–Kier alpha value is -1.87. The lowest BCUT2D eigenvalue weighted by atomic mass is 10.2. The minimum atomic E-state index is 0.873. The Morgan fingerprint density at radius 2 is 1.84 bits per heavy atom. The number of pyridine rings is 1. The topological polar surface area (TPSA) is 28.2 Å². The fourth-order valence-corrected chi connectivity index (χ4v) is 1.89. The number of anilines is 2. The highest BCUT2D eigenvalue weighted by atomic mass is 15.2. The third-order valence-corrected chi connectivity index (χ3v) is 3.15. The summed E-state index contributed by atoms with van der Waals surface area (Å²) in [6, 6.07) is 12.6. The number of hydrogen-bond acceptors (Lipinski definition) is 3. The van der Waals surface area contributed by atoms with Crippen molar-refractivity contribution < 1.29 is 0 Å². The van der Waals surface area contributed by atoms with Gasteiger partial charge in [-0.1, -0.05) is 30.7 Å². The van der Waals surface area contributed by atoms with Gasteiger partial charge in [-0.05, 0) is 37.2 Å². The summed E-state index contributed by atoms with van der Waals surface area (Å²) in [5.74, 6) is 0.962. The first-order valence-corrected chi connectivity index (χ1v) is 6.66. The molecule has 0 aliphatic rings. The van der Waals surface area contributed by atoms with E-state index in [-0.39, 0.29) is 0 Å². The molecule has 3 heteroatoms. The molecule has 3 nitrogen and oxygen atoms in total. The zero-order chi connectivity index (χ0) is 13.7. The van der Waals surface area contributed by atoms with Gasteiger partial charge >= 0.3 is 0 Å². The molecule has 0 unspecified atom stereocenters. The summed E-state index contributed by atoms with van der Waals surface area (Å²) < 4.78 is 0. The van der Waals surface area contributed by atoms with Crippen LogP contribution in [0.5, 0.6) is 0 Å². The molecule has 0 aliphatic carbocycles. The van der Waals surface area contributed by atoms with Crippen LogP contribution < -0.4 is 10.2 Å². The van der Waals surface area contributed by atoms with Crippen molar-refractivity contribution in [1.82, 2.24) is 10.3 Å². The fourth-order valence-electron chi connectivity index (χ4n) is 1.89. The molecule has 2 aromatic rings. The molecule has 0 aliphatic heterocycles. The van der Waals surface area contributed by atoms with Gasteiger partial charge < -0.3 is 10.2 Å². The maximum atomic E-state index is 4.52. The standard InChI is InChI=1S/C16H21N3/c1-4-17-11-14-7-10-16(18-12-14)19(3)15-8-5-13(2)6-9-15/h5-10,12,17H,4,11H2,1-3H3. The van der Waals surface area contributed by atoms with Gasteiger partial charge in [-0.25, -0.2) is 4.98 Å². The number of aryl methyl sites for hydroxylation is 1. The number of aromatic nitrogens is 1. The second kappa shape index (κ2) is 6.34. The lowest BCUT2D eigenvalue weighted by Gasteiger charge is -2.18. The van der Waals surface area contributed by atoms with E-state index >= 15 is 0 Å². The van der Waals surface area contributed by atoms with E-state index in [1.165, 1.54) is 11.1 Å². The van der Waals surface area contributed by atoms with E-state index in [0.717, 1.165) is 24.6 Å². The van der Waals surface area contributed by atoms with Gasteiger partial charge in [0.05, 0.1) is 0 Å². The highest BCUT2D eigenvalue weighted by molar-refractivity contribution is 5.59. The van der Waals surface area contributed by atoms with Crippen molar-refractivity contribution >= 4 is 11.5 Å². The molecule has 0 fully saturated rings. The maximum Gasteiger partial charge on any atom is 0.132 e. The summed E-state index contributed by atoms with van der Waals surface area (Å²) in [6.07, 6.45) is 1.93. The summed E-state index contributed by atoms with van der Waals surface area (Å²) in [7, 11) is 2.04. The highest BCUT2D eigenvalue weighted by Gasteiger charge is 2.04. The molecule has 0 atom stereocenters. The minimum absolute atomic E-state index is 0.873. The molecule has 0 saturated heterocycles. The first-order chi connectivity index (χ1) is 9.20. The van der Waals surface area contributed by atoms with Gasteiger partial charge in [0.2, 0.25) is 0 Å². The lowest BCUT2D eigenvalue weighted by Crippen LogP contribution is -2.13. The maximum absolute atomic E-state index is 4.52. The fraction of sp³-hybridized carbons (Fsp3) is 0.312. The molecular formula is C16H21N3. The van der Waals surface area contributed by atoms with Crippen molar-refractivity contribution in [1.29, 1.82) is 0 Å². The molecule has 0 radical (unpaired) electrons. The molecule has 0 bridgehead atoms. The molecule has 19 heavy (non-hydrogen) atoms. The van der Waals surface area contributed by atoms with E-state index in [9.17, 15) is 0 Å². The van der Waals surface area contributed by atoms with E-state index in [4.69, 9.17) is 0 Å². The molecule has 1 heterocycles. The minimum Gasteiger partial charge on any atom is -0.329 e. The van der Waals surface area contributed by atoms with Gasteiger partial charge in [-0.2, -0.15) is 0 Å². The normalized spacial score (nSPS) is 10.5. The van der Waals surface area contributed by atoms with Crippen LogP contribution in [0.4, 0.5) is 11.5 Å². The van der Waals surface area contributed by atoms with Crippen molar-refractivity contribution in [2.75, 3.05) is 18.5 Å². The molecule has 0 amide bonds. The Labute approximate surface area is 115 Å². The molecular weight excluding hydrogens is 234 g/mol. The zero-order valence-electron chi connectivity index (χ0n) is 11.9. The molecule has 0 spiro atoms. The van der Waals surface area contributed by atoms with Gasteiger partial charge in [0.1, 0.15) is 5.82 Å². The first kappa shape index (κ1) is 13.6. The molecule has 100 valence electrons. The van der Waals surface area contributed by atoms with Crippen LogP contribution in [0.1, 0.15) is 18.1 Å². The van der Waals surface area contributed by atoms with Gasteiger partial charge in [0.25, 0.3) is 0 Å². The molecule has 2 rings (SSSR count). The van der Waals surface area contributed by atoms with Gasteiger partial charge in [-0.15, -0.1) is 0 Å². The predicted molar refractivity (Wildman–Crippen MR) is 80.9 cm³/mol. The number of hydrogen-bond donors (Lipinski definition) is 1. The smallest absolute Gasteiger partial charge is 0.132 e. The summed E-state index contributed by atoms with van der Waals surface area (Å²) >= 11 is 0. The summed E-state index contributed by atoms with van der Waals surface area (Å²) in [5.41, 5.74) is 3.63. The lowest BCUT2D eigenvalue weighted by molar-refractivity contribution is 0.724. The van der Waals surface area contributed by atoms with Crippen LogP contribution >= 0.6 is 0 Å². The summed E-state index contributed by atoms with van der Waals surface area (Å²) in [6.45, 7) is 6.05. The quantitative estimate of drug-likeness (QED) is 0.888. The molecule has 1 aromatic carbocycles. The van der Waals surface area contributed by atoms with Crippen molar-refractivity contribution in [2.45, 2.75) is 20.4 Å². The number of nitrogens with one attached hydrogen (secondary N) is 1. The van der Waals surface area contributed by atoms with Crippen molar-refractivity contribution in [2.24, 2.45) is 0 Å². The Kier molecular flexibility index (Phi) is 4.53. The average molecular weight is 255 g/mol. The summed E-state index contributed by atoms with van der Waals surface area (Å²) in [4.78, 5) is 6.61.